The van der Waals surface area contributed by atoms with Gasteiger partial charge in [-0.25, -0.2) is 13.4 Å². The van der Waals surface area contributed by atoms with Crippen LogP contribution in [-0.2, 0) is 10.0 Å². The molecule has 1 fully saturated rings. The lowest BCUT2D eigenvalue weighted by Crippen LogP contribution is -2.38. The molecule has 2 heterocycles. The Morgan fingerprint density at radius 1 is 1.29 bits per heavy atom. The first-order chi connectivity index (χ1) is 6.70. The van der Waals surface area contributed by atoms with Crippen LogP contribution in [0.3, 0.4) is 0 Å². The van der Waals surface area contributed by atoms with Crippen LogP contribution in [0.15, 0.2) is 24.4 Å². The first-order valence-corrected chi connectivity index (χ1v) is 6.22. The van der Waals surface area contributed by atoms with Crippen molar-refractivity contribution in [2.75, 3.05) is 16.6 Å². The summed E-state index contributed by atoms with van der Waals surface area (Å²) in [4.78, 5) is 4.04. The summed E-state index contributed by atoms with van der Waals surface area (Å²) in [7, 11) is -3.11. The Bertz CT molecular complexity index is 402. The number of pyridine rings is 1. The van der Waals surface area contributed by atoms with Gasteiger partial charge < -0.3 is 0 Å². The van der Waals surface area contributed by atoms with Crippen molar-refractivity contribution in [3.63, 3.8) is 0 Å². The van der Waals surface area contributed by atoms with Crippen molar-refractivity contribution < 1.29 is 8.42 Å². The molecule has 1 aromatic heterocycles. The Balaban J connectivity index is 2.34. The molecule has 76 valence electrons. The molecule has 1 aliphatic rings. The molecule has 2 rings (SSSR count). The summed E-state index contributed by atoms with van der Waals surface area (Å²) in [6, 6.07) is 5.30. The Morgan fingerprint density at radius 3 is 2.79 bits per heavy atom. The third-order valence-corrected chi connectivity index (χ3v) is 4.10. The number of anilines is 1. The standard InChI is InChI=1S/C9H12N2O2S/c12-14(13)8-4-3-7-11(14)9-5-1-2-6-10-9/h1-2,5-6H,3-4,7-8H2. The summed E-state index contributed by atoms with van der Waals surface area (Å²) in [5, 5.41) is 0. The van der Waals surface area contributed by atoms with Crippen LogP contribution < -0.4 is 4.31 Å². The zero-order chi connectivity index (χ0) is 10.0. The molecule has 0 unspecified atom stereocenters. The van der Waals surface area contributed by atoms with Crippen LogP contribution in [0.2, 0.25) is 0 Å². The average molecular weight is 212 g/mol. The smallest absolute Gasteiger partial charge is 0.236 e. The van der Waals surface area contributed by atoms with E-state index in [-0.39, 0.29) is 5.75 Å². The second kappa shape index (κ2) is 3.57. The Kier molecular flexibility index (Phi) is 2.41. The van der Waals surface area contributed by atoms with Gasteiger partial charge in [0.15, 0.2) is 0 Å². The zero-order valence-electron chi connectivity index (χ0n) is 7.76. The van der Waals surface area contributed by atoms with E-state index in [2.05, 4.69) is 4.98 Å². The van der Waals surface area contributed by atoms with E-state index in [9.17, 15) is 8.42 Å². The van der Waals surface area contributed by atoms with E-state index in [1.807, 2.05) is 0 Å². The monoisotopic (exact) mass is 212 g/mol. The normalized spacial score (nSPS) is 20.7. The second-order valence-electron chi connectivity index (χ2n) is 3.28. The van der Waals surface area contributed by atoms with Gasteiger partial charge in [0.25, 0.3) is 0 Å². The number of rotatable bonds is 1. The van der Waals surface area contributed by atoms with Crippen LogP contribution in [0.5, 0.6) is 0 Å². The summed E-state index contributed by atoms with van der Waals surface area (Å²) in [5.41, 5.74) is 0. The Hall–Kier alpha value is -1.10. The predicted molar refractivity (Wildman–Crippen MR) is 54.6 cm³/mol. The van der Waals surface area contributed by atoms with Crippen molar-refractivity contribution in [3.8, 4) is 0 Å². The maximum Gasteiger partial charge on any atom is 0.236 e. The molecule has 0 amide bonds. The topological polar surface area (TPSA) is 50.3 Å². The third kappa shape index (κ3) is 1.72. The second-order valence-corrected chi connectivity index (χ2v) is 5.30. The minimum Gasteiger partial charge on any atom is -0.254 e. The molecule has 0 spiro atoms. The molecule has 4 nitrogen and oxygen atoms in total. The molecule has 0 aromatic carbocycles. The van der Waals surface area contributed by atoms with Gasteiger partial charge >= 0.3 is 0 Å². The minimum absolute atomic E-state index is 0.240. The number of hydrogen-bond donors (Lipinski definition) is 0. The summed E-state index contributed by atoms with van der Waals surface area (Å²) in [5.74, 6) is 0.774. The summed E-state index contributed by atoms with van der Waals surface area (Å²) in [6.07, 6.45) is 3.28. The quantitative estimate of drug-likeness (QED) is 0.698. The van der Waals surface area contributed by atoms with Gasteiger partial charge in [0.1, 0.15) is 5.82 Å². The lowest BCUT2D eigenvalue weighted by atomic mass is 10.3. The summed E-state index contributed by atoms with van der Waals surface area (Å²) in [6.45, 7) is 0.555. The van der Waals surface area contributed by atoms with Crippen molar-refractivity contribution in [3.05, 3.63) is 24.4 Å². The van der Waals surface area contributed by atoms with Gasteiger partial charge in [0.05, 0.1) is 5.75 Å². The Labute approximate surface area is 83.6 Å². The third-order valence-electron chi connectivity index (χ3n) is 2.25. The zero-order valence-corrected chi connectivity index (χ0v) is 8.57. The van der Waals surface area contributed by atoms with E-state index in [1.165, 1.54) is 4.31 Å². The fourth-order valence-electron chi connectivity index (χ4n) is 1.55. The van der Waals surface area contributed by atoms with Crippen molar-refractivity contribution in [1.82, 2.24) is 4.98 Å². The van der Waals surface area contributed by atoms with Crippen molar-refractivity contribution in [1.29, 1.82) is 0 Å². The van der Waals surface area contributed by atoms with Crippen molar-refractivity contribution in [2.24, 2.45) is 0 Å². The molecule has 0 bridgehead atoms. The Morgan fingerprint density at radius 2 is 2.14 bits per heavy atom. The summed E-state index contributed by atoms with van der Waals surface area (Å²) >= 11 is 0. The van der Waals surface area contributed by atoms with Crippen LogP contribution in [0.25, 0.3) is 0 Å². The van der Waals surface area contributed by atoms with E-state index in [0.717, 1.165) is 12.8 Å². The lowest BCUT2D eigenvalue weighted by molar-refractivity contribution is 0.573. The molecule has 5 heteroatoms. The maximum atomic E-state index is 11.7. The van der Waals surface area contributed by atoms with E-state index in [0.29, 0.717) is 12.4 Å². The van der Waals surface area contributed by atoms with E-state index in [1.54, 1.807) is 24.4 Å². The van der Waals surface area contributed by atoms with E-state index in [4.69, 9.17) is 0 Å². The molecular formula is C9H12N2O2S. The fourth-order valence-corrected chi connectivity index (χ4v) is 3.14. The van der Waals surface area contributed by atoms with Crippen LogP contribution in [0.4, 0.5) is 5.82 Å². The van der Waals surface area contributed by atoms with E-state index < -0.39 is 10.0 Å². The SMILES string of the molecule is O=S1(=O)CCCCN1c1ccccn1. The van der Waals surface area contributed by atoms with Gasteiger partial charge in [-0.2, -0.15) is 0 Å². The van der Waals surface area contributed by atoms with Crippen LogP contribution in [0, 0.1) is 0 Å². The predicted octanol–water partition coefficient (Wildman–Crippen LogP) is 1.01. The molecule has 0 aliphatic carbocycles. The number of sulfonamides is 1. The van der Waals surface area contributed by atoms with Crippen molar-refractivity contribution in [2.45, 2.75) is 12.8 Å². The largest absolute Gasteiger partial charge is 0.254 e. The highest BCUT2D eigenvalue weighted by Crippen LogP contribution is 2.20. The van der Waals surface area contributed by atoms with Crippen LogP contribution in [0.1, 0.15) is 12.8 Å². The van der Waals surface area contributed by atoms with Gasteiger partial charge in [-0.15, -0.1) is 0 Å². The van der Waals surface area contributed by atoms with Gasteiger partial charge in [0, 0.05) is 12.7 Å². The highest BCUT2D eigenvalue weighted by Gasteiger charge is 2.26. The molecule has 14 heavy (non-hydrogen) atoms. The van der Waals surface area contributed by atoms with E-state index >= 15 is 0 Å². The van der Waals surface area contributed by atoms with Gasteiger partial charge in [-0.05, 0) is 25.0 Å². The lowest BCUT2D eigenvalue weighted by Gasteiger charge is -2.26. The van der Waals surface area contributed by atoms with Crippen LogP contribution in [-0.4, -0.2) is 25.7 Å². The molecule has 0 saturated carbocycles. The van der Waals surface area contributed by atoms with Gasteiger partial charge in [0.2, 0.25) is 10.0 Å². The summed E-state index contributed by atoms with van der Waals surface area (Å²) < 4.78 is 24.7. The molecule has 0 atom stereocenters. The average Bonchev–Trinajstić information content (AvgIpc) is 2.18. The number of hydrogen-bond acceptors (Lipinski definition) is 3. The fraction of sp³-hybridized carbons (Fsp3) is 0.444. The minimum atomic E-state index is -3.11. The first-order valence-electron chi connectivity index (χ1n) is 4.61. The molecule has 1 aromatic rings. The molecular weight excluding hydrogens is 200 g/mol. The molecule has 1 aliphatic heterocycles. The molecule has 1 saturated heterocycles. The van der Waals surface area contributed by atoms with Gasteiger partial charge in [-0.1, -0.05) is 6.07 Å². The maximum absolute atomic E-state index is 11.7. The highest BCUT2D eigenvalue weighted by molar-refractivity contribution is 7.92. The number of aromatic nitrogens is 1. The van der Waals surface area contributed by atoms with Gasteiger partial charge in [-0.3, -0.25) is 4.31 Å². The first kappa shape index (κ1) is 9.45. The number of nitrogens with zero attached hydrogens (tertiary/aromatic N) is 2. The highest BCUT2D eigenvalue weighted by atomic mass is 32.2. The molecule has 0 radical (unpaired) electrons. The molecule has 0 N–H and O–H groups in total. The van der Waals surface area contributed by atoms with Crippen molar-refractivity contribution >= 4 is 15.8 Å². The van der Waals surface area contributed by atoms with Crippen LogP contribution >= 0.6 is 0 Å².